The minimum Gasteiger partial charge on any atom is -0.466 e. The van der Waals surface area contributed by atoms with Gasteiger partial charge in [0.25, 0.3) is 0 Å². The standard InChI is InChI=1S/C30H33N3O4/c1-23-8-6-7-11-25(23)14-16-31-37-22-36-27-12-13-29-28(18-27)26(21-34)19-33(29)20-30(35)32(2)17-15-24-9-4-3-5-10-24/h3-13,18-19,21,31H,14-17,20,22H2,1-2H3. The van der Waals surface area contributed by atoms with Crippen LogP contribution in [0.3, 0.4) is 0 Å². The third-order valence-corrected chi connectivity index (χ3v) is 6.46. The van der Waals surface area contributed by atoms with E-state index in [9.17, 15) is 9.59 Å². The number of hydroxylamine groups is 1. The van der Waals surface area contributed by atoms with Crippen molar-refractivity contribution in [1.82, 2.24) is 14.9 Å². The van der Waals surface area contributed by atoms with Crippen molar-refractivity contribution >= 4 is 23.1 Å². The van der Waals surface area contributed by atoms with Crippen LogP contribution in [0.4, 0.5) is 0 Å². The van der Waals surface area contributed by atoms with Gasteiger partial charge in [0.1, 0.15) is 12.3 Å². The van der Waals surface area contributed by atoms with Crippen molar-refractivity contribution in [3.63, 3.8) is 0 Å². The summed E-state index contributed by atoms with van der Waals surface area (Å²) in [6, 6.07) is 23.8. The summed E-state index contributed by atoms with van der Waals surface area (Å²) in [5, 5.41) is 0.736. The number of carbonyl (C=O) groups is 2. The molecule has 1 N–H and O–H groups in total. The third-order valence-electron chi connectivity index (χ3n) is 6.46. The molecule has 1 aromatic heterocycles. The third kappa shape index (κ3) is 7.06. The molecule has 0 saturated heterocycles. The highest BCUT2D eigenvalue weighted by Gasteiger charge is 2.15. The van der Waals surface area contributed by atoms with Gasteiger partial charge in [-0.15, -0.1) is 0 Å². The Morgan fingerprint density at radius 1 is 1.03 bits per heavy atom. The molecule has 1 amide bonds. The number of aldehydes is 1. The number of aromatic nitrogens is 1. The molecule has 0 unspecified atom stereocenters. The fourth-order valence-corrected chi connectivity index (χ4v) is 4.24. The Kier molecular flexibility index (Phi) is 9.08. The van der Waals surface area contributed by atoms with E-state index in [-0.39, 0.29) is 19.2 Å². The highest BCUT2D eigenvalue weighted by molar-refractivity contribution is 5.98. The van der Waals surface area contributed by atoms with E-state index in [1.54, 1.807) is 24.2 Å². The minimum atomic E-state index is -0.0178. The maximum atomic E-state index is 12.8. The van der Waals surface area contributed by atoms with Gasteiger partial charge in [-0.1, -0.05) is 54.6 Å². The summed E-state index contributed by atoms with van der Waals surface area (Å²) in [4.78, 5) is 31.7. The molecule has 4 aromatic rings. The molecule has 0 aliphatic carbocycles. The van der Waals surface area contributed by atoms with Crippen molar-refractivity contribution in [1.29, 1.82) is 0 Å². The lowest BCUT2D eigenvalue weighted by Crippen LogP contribution is -2.31. The highest BCUT2D eigenvalue weighted by atomic mass is 16.8. The van der Waals surface area contributed by atoms with E-state index >= 15 is 0 Å². The largest absolute Gasteiger partial charge is 0.466 e. The van der Waals surface area contributed by atoms with Crippen LogP contribution in [0.2, 0.25) is 0 Å². The van der Waals surface area contributed by atoms with Crippen LogP contribution in [0.1, 0.15) is 27.0 Å². The molecule has 0 saturated carbocycles. The molecule has 0 fully saturated rings. The van der Waals surface area contributed by atoms with Gasteiger partial charge in [-0.05, 0) is 54.7 Å². The topological polar surface area (TPSA) is 72.8 Å². The fourth-order valence-electron chi connectivity index (χ4n) is 4.24. The molecule has 0 aliphatic heterocycles. The zero-order chi connectivity index (χ0) is 26.0. The van der Waals surface area contributed by atoms with Gasteiger partial charge >= 0.3 is 0 Å². The lowest BCUT2D eigenvalue weighted by molar-refractivity contribution is -0.130. The number of amides is 1. The van der Waals surface area contributed by atoms with E-state index < -0.39 is 0 Å². The van der Waals surface area contributed by atoms with E-state index in [2.05, 4.69) is 36.7 Å². The van der Waals surface area contributed by atoms with Crippen molar-refractivity contribution in [3.8, 4) is 5.75 Å². The second kappa shape index (κ2) is 12.9. The molecule has 192 valence electrons. The van der Waals surface area contributed by atoms with E-state index in [0.29, 0.717) is 24.4 Å². The van der Waals surface area contributed by atoms with Crippen molar-refractivity contribution < 1.29 is 19.2 Å². The summed E-state index contributed by atoms with van der Waals surface area (Å²) in [5.74, 6) is 0.566. The van der Waals surface area contributed by atoms with Crippen molar-refractivity contribution in [2.24, 2.45) is 0 Å². The van der Waals surface area contributed by atoms with Gasteiger partial charge in [-0.2, -0.15) is 5.48 Å². The maximum Gasteiger partial charge on any atom is 0.242 e. The smallest absolute Gasteiger partial charge is 0.242 e. The molecular formula is C30H33N3O4. The molecule has 0 atom stereocenters. The number of hydrogen-bond donors (Lipinski definition) is 1. The zero-order valence-corrected chi connectivity index (χ0v) is 21.4. The minimum absolute atomic E-state index is 0.0178. The molecule has 1 heterocycles. The van der Waals surface area contributed by atoms with Gasteiger partial charge in [0.2, 0.25) is 12.7 Å². The number of aryl methyl sites for hydroxylation is 1. The average molecular weight is 500 g/mol. The summed E-state index contributed by atoms with van der Waals surface area (Å²) in [6.45, 7) is 3.57. The molecule has 0 bridgehead atoms. The number of nitrogens with zero attached hydrogens (tertiary/aromatic N) is 2. The predicted octanol–water partition coefficient (Wildman–Crippen LogP) is 4.56. The van der Waals surface area contributed by atoms with Gasteiger partial charge in [-0.25, -0.2) is 0 Å². The van der Waals surface area contributed by atoms with Crippen molar-refractivity contribution in [3.05, 3.63) is 101 Å². The van der Waals surface area contributed by atoms with Crippen LogP contribution in [-0.2, 0) is 29.0 Å². The maximum absolute atomic E-state index is 12.8. The number of carbonyl (C=O) groups excluding carboxylic acids is 2. The first-order valence-corrected chi connectivity index (χ1v) is 12.4. The Hall–Kier alpha value is -3.94. The van der Waals surface area contributed by atoms with Crippen LogP contribution < -0.4 is 10.2 Å². The van der Waals surface area contributed by atoms with Crippen LogP contribution in [-0.4, -0.2) is 48.6 Å². The lowest BCUT2D eigenvalue weighted by atomic mass is 10.1. The Bertz CT molecular complexity index is 1330. The Balaban J connectivity index is 1.29. The van der Waals surface area contributed by atoms with Crippen LogP contribution in [0.25, 0.3) is 10.9 Å². The lowest BCUT2D eigenvalue weighted by Gasteiger charge is -2.18. The monoisotopic (exact) mass is 499 g/mol. The molecule has 37 heavy (non-hydrogen) atoms. The van der Waals surface area contributed by atoms with E-state index in [4.69, 9.17) is 9.57 Å². The normalized spacial score (nSPS) is 11.0. The van der Waals surface area contributed by atoms with Crippen LogP contribution >= 0.6 is 0 Å². The molecular weight excluding hydrogens is 466 g/mol. The molecule has 0 spiro atoms. The summed E-state index contributed by atoms with van der Waals surface area (Å²) >= 11 is 0. The first-order valence-electron chi connectivity index (χ1n) is 12.4. The summed E-state index contributed by atoms with van der Waals surface area (Å²) in [7, 11) is 1.80. The number of likely N-dealkylation sites (N-methyl/N-ethyl adjacent to an activating group) is 1. The summed E-state index contributed by atoms with van der Waals surface area (Å²) in [6.07, 6.45) is 4.16. The van der Waals surface area contributed by atoms with E-state index in [1.807, 2.05) is 47.0 Å². The number of rotatable bonds is 13. The first-order chi connectivity index (χ1) is 18.0. The van der Waals surface area contributed by atoms with E-state index in [1.165, 1.54) is 16.7 Å². The van der Waals surface area contributed by atoms with Crippen molar-refractivity contribution in [2.45, 2.75) is 26.3 Å². The number of benzene rings is 3. The Morgan fingerprint density at radius 3 is 2.59 bits per heavy atom. The second-order valence-corrected chi connectivity index (χ2v) is 9.04. The molecule has 7 nitrogen and oxygen atoms in total. The van der Waals surface area contributed by atoms with Crippen LogP contribution in [0, 0.1) is 6.92 Å². The quantitative estimate of drug-likeness (QED) is 0.126. The zero-order valence-electron chi connectivity index (χ0n) is 21.4. The van der Waals surface area contributed by atoms with Gasteiger partial charge < -0.3 is 14.2 Å². The Morgan fingerprint density at radius 2 is 1.81 bits per heavy atom. The summed E-state index contributed by atoms with van der Waals surface area (Å²) < 4.78 is 7.52. The number of ether oxygens (including phenoxy) is 1. The molecule has 4 rings (SSSR count). The SMILES string of the molecule is Cc1ccccc1CCNOCOc1ccc2c(c1)c(C=O)cn2CC(=O)N(C)CCc1ccccc1. The number of hydrogen-bond acceptors (Lipinski definition) is 5. The fraction of sp³-hybridized carbons (Fsp3) is 0.267. The van der Waals surface area contributed by atoms with Gasteiger partial charge in [0.05, 0.1) is 0 Å². The average Bonchev–Trinajstić information content (AvgIpc) is 3.27. The van der Waals surface area contributed by atoms with Crippen molar-refractivity contribution in [2.75, 3.05) is 26.9 Å². The summed E-state index contributed by atoms with van der Waals surface area (Å²) in [5.41, 5.74) is 7.96. The number of nitrogens with one attached hydrogen (secondary N) is 1. The Labute approximate surface area is 217 Å². The second-order valence-electron chi connectivity index (χ2n) is 9.04. The highest BCUT2D eigenvalue weighted by Crippen LogP contribution is 2.25. The predicted molar refractivity (Wildman–Crippen MR) is 145 cm³/mol. The van der Waals surface area contributed by atoms with Gasteiger partial charge in [-0.3, -0.25) is 14.4 Å². The van der Waals surface area contributed by atoms with Crippen LogP contribution in [0.15, 0.2) is 79.0 Å². The van der Waals surface area contributed by atoms with Gasteiger partial charge in [0, 0.05) is 42.8 Å². The van der Waals surface area contributed by atoms with Crippen LogP contribution in [0.5, 0.6) is 5.75 Å². The first kappa shape index (κ1) is 26.1. The number of fused-ring (bicyclic) bond motifs is 1. The molecule has 0 radical (unpaired) electrons. The molecule has 3 aromatic carbocycles. The molecule has 0 aliphatic rings. The molecule has 7 heteroatoms. The van der Waals surface area contributed by atoms with Gasteiger partial charge in [0.15, 0.2) is 6.29 Å². The van der Waals surface area contributed by atoms with E-state index in [0.717, 1.165) is 30.0 Å².